The molecule has 1 atom stereocenters. The van der Waals surface area contributed by atoms with Crippen molar-refractivity contribution in [1.82, 2.24) is 20.0 Å². The van der Waals surface area contributed by atoms with E-state index < -0.39 is 0 Å². The summed E-state index contributed by atoms with van der Waals surface area (Å²) in [6.07, 6.45) is 3.98. The van der Waals surface area contributed by atoms with Crippen LogP contribution in [0.4, 0.5) is 0 Å². The summed E-state index contributed by atoms with van der Waals surface area (Å²) in [6.45, 7) is 3.46. The fraction of sp³-hybridized carbons (Fsp3) is 0.429. The van der Waals surface area contributed by atoms with Gasteiger partial charge >= 0.3 is 0 Å². The number of imidazole rings is 1. The number of rotatable bonds is 3. The molecule has 0 radical (unpaired) electrons. The quantitative estimate of drug-likeness (QED) is 0.903. The fourth-order valence-corrected chi connectivity index (χ4v) is 2.49. The Labute approximate surface area is 136 Å². The molecule has 116 valence electrons. The van der Waals surface area contributed by atoms with Gasteiger partial charge in [0.15, 0.2) is 0 Å². The third-order valence-corrected chi connectivity index (χ3v) is 3.57. The molecule has 5 nitrogen and oxygen atoms in total. The number of carbonyl (C=O) groups is 1. The van der Waals surface area contributed by atoms with Crippen molar-refractivity contribution >= 4 is 36.4 Å². The molecule has 0 saturated carbocycles. The smallest absolute Gasteiger partial charge is 0.237 e. The molecular formula is C14H20Cl2N4O. The third kappa shape index (κ3) is 3.87. The Balaban J connectivity index is 0.00000110. The zero-order chi connectivity index (χ0) is 13.2. The van der Waals surface area contributed by atoms with Crippen molar-refractivity contribution in [1.29, 1.82) is 0 Å². The molecule has 3 rings (SSSR count). The summed E-state index contributed by atoms with van der Waals surface area (Å²) < 4.78 is 2.04. The first-order valence-corrected chi connectivity index (χ1v) is 6.69. The Morgan fingerprint density at radius 1 is 1.48 bits per heavy atom. The molecule has 2 N–H and O–H groups in total. The molecule has 1 aliphatic rings. The lowest BCUT2D eigenvalue weighted by molar-refractivity contribution is -0.122. The Bertz CT molecular complexity index is 608. The number of fused-ring (bicyclic) bond motifs is 1. The molecule has 0 aromatic carbocycles. The minimum absolute atomic E-state index is 0. The molecule has 2 aromatic heterocycles. The van der Waals surface area contributed by atoms with Gasteiger partial charge < -0.3 is 15.0 Å². The van der Waals surface area contributed by atoms with Gasteiger partial charge in [0.2, 0.25) is 5.91 Å². The predicted octanol–water partition coefficient (Wildman–Crippen LogP) is 1.85. The van der Waals surface area contributed by atoms with Gasteiger partial charge in [0.05, 0.1) is 18.3 Å². The fourth-order valence-electron chi connectivity index (χ4n) is 2.49. The number of halogens is 2. The summed E-state index contributed by atoms with van der Waals surface area (Å²) in [5, 5.41) is 6.13. The zero-order valence-electron chi connectivity index (χ0n) is 11.8. The van der Waals surface area contributed by atoms with E-state index in [0.29, 0.717) is 6.54 Å². The van der Waals surface area contributed by atoms with E-state index in [-0.39, 0.29) is 36.8 Å². The molecule has 1 unspecified atom stereocenters. The molecule has 0 bridgehead atoms. The maximum atomic E-state index is 11.9. The molecule has 2 aromatic rings. The van der Waals surface area contributed by atoms with E-state index >= 15 is 0 Å². The van der Waals surface area contributed by atoms with Crippen molar-refractivity contribution in [3.05, 3.63) is 35.8 Å². The van der Waals surface area contributed by atoms with Gasteiger partial charge in [-0.1, -0.05) is 6.07 Å². The van der Waals surface area contributed by atoms with Gasteiger partial charge in [-0.25, -0.2) is 4.98 Å². The predicted molar refractivity (Wildman–Crippen MR) is 87.3 cm³/mol. The van der Waals surface area contributed by atoms with E-state index in [0.717, 1.165) is 36.4 Å². The number of aromatic nitrogens is 2. The van der Waals surface area contributed by atoms with Crippen molar-refractivity contribution in [3.8, 4) is 0 Å². The van der Waals surface area contributed by atoms with E-state index in [9.17, 15) is 4.79 Å². The zero-order valence-corrected chi connectivity index (χ0v) is 13.5. The van der Waals surface area contributed by atoms with Crippen molar-refractivity contribution in [2.75, 3.05) is 6.54 Å². The van der Waals surface area contributed by atoms with Crippen LogP contribution >= 0.6 is 24.8 Å². The van der Waals surface area contributed by atoms with Crippen LogP contribution in [0.2, 0.25) is 0 Å². The van der Waals surface area contributed by atoms with E-state index in [2.05, 4.69) is 15.6 Å². The molecular weight excluding hydrogens is 311 g/mol. The molecule has 0 aliphatic carbocycles. The summed E-state index contributed by atoms with van der Waals surface area (Å²) >= 11 is 0. The number of hydrogen-bond donors (Lipinski definition) is 2. The lowest BCUT2D eigenvalue weighted by Crippen LogP contribution is -2.40. The van der Waals surface area contributed by atoms with Gasteiger partial charge in [0.1, 0.15) is 5.65 Å². The highest BCUT2D eigenvalue weighted by Gasteiger charge is 2.21. The molecule has 1 fully saturated rings. The average Bonchev–Trinajstić information content (AvgIpc) is 3.05. The first-order valence-electron chi connectivity index (χ1n) is 6.69. The second-order valence-electron chi connectivity index (χ2n) is 4.99. The van der Waals surface area contributed by atoms with E-state index in [4.69, 9.17) is 0 Å². The summed E-state index contributed by atoms with van der Waals surface area (Å²) in [5.41, 5.74) is 2.95. The lowest BCUT2D eigenvalue weighted by Gasteiger charge is -2.09. The third-order valence-electron chi connectivity index (χ3n) is 3.57. The van der Waals surface area contributed by atoms with Gasteiger partial charge in [-0.05, 0) is 38.4 Å². The van der Waals surface area contributed by atoms with Crippen molar-refractivity contribution < 1.29 is 4.79 Å². The van der Waals surface area contributed by atoms with Crippen LogP contribution in [0.15, 0.2) is 24.4 Å². The van der Waals surface area contributed by atoms with Crippen LogP contribution in [0, 0.1) is 6.92 Å². The standard InChI is InChI=1S/C14H18N4O.2ClH/c1-10-4-2-6-13-17-11(9-18(10)13)8-16-14(19)12-5-3-7-15-12;;/h2,4,6,9,12,15H,3,5,7-8H2,1H3,(H,16,19);2*1H. The first-order chi connectivity index (χ1) is 9.24. The largest absolute Gasteiger partial charge is 0.349 e. The summed E-state index contributed by atoms with van der Waals surface area (Å²) in [4.78, 5) is 16.4. The maximum Gasteiger partial charge on any atom is 0.237 e. The van der Waals surface area contributed by atoms with Crippen LogP contribution in [0.5, 0.6) is 0 Å². The number of amides is 1. The first kappa shape index (κ1) is 17.8. The average molecular weight is 331 g/mol. The number of pyridine rings is 1. The number of aryl methyl sites for hydroxylation is 1. The van der Waals surface area contributed by atoms with E-state index in [1.165, 1.54) is 0 Å². The Morgan fingerprint density at radius 2 is 2.29 bits per heavy atom. The van der Waals surface area contributed by atoms with Crippen LogP contribution < -0.4 is 10.6 Å². The number of nitrogens with one attached hydrogen (secondary N) is 2. The number of carbonyl (C=O) groups excluding carboxylic acids is 1. The molecule has 3 heterocycles. The van der Waals surface area contributed by atoms with Gasteiger partial charge in [-0.15, -0.1) is 24.8 Å². The second-order valence-corrected chi connectivity index (χ2v) is 4.99. The van der Waals surface area contributed by atoms with Crippen LogP contribution in [-0.4, -0.2) is 27.9 Å². The SMILES string of the molecule is Cc1cccc2nc(CNC(=O)C3CCCN3)cn12.Cl.Cl. The normalized spacial score (nSPS) is 17.1. The number of nitrogens with zero attached hydrogens (tertiary/aromatic N) is 2. The monoisotopic (exact) mass is 330 g/mol. The van der Waals surface area contributed by atoms with Gasteiger partial charge in [0, 0.05) is 11.9 Å². The van der Waals surface area contributed by atoms with Crippen LogP contribution in [0.3, 0.4) is 0 Å². The van der Waals surface area contributed by atoms with E-state index in [1.807, 2.05) is 35.7 Å². The minimum atomic E-state index is -0.0289. The minimum Gasteiger partial charge on any atom is -0.349 e. The van der Waals surface area contributed by atoms with Crippen molar-refractivity contribution in [2.24, 2.45) is 0 Å². The highest BCUT2D eigenvalue weighted by molar-refractivity contribution is 5.85. The lowest BCUT2D eigenvalue weighted by atomic mass is 10.2. The van der Waals surface area contributed by atoms with Crippen LogP contribution in [0.25, 0.3) is 5.65 Å². The molecule has 1 amide bonds. The molecule has 1 aliphatic heterocycles. The van der Waals surface area contributed by atoms with E-state index in [1.54, 1.807) is 0 Å². The van der Waals surface area contributed by atoms with Gasteiger partial charge in [-0.2, -0.15) is 0 Å². The summed E-state index contributed by atoms with van der Waals surface area (Å²) in [6, 6.07) is 5.97. The topological polar surface area (TPSA) is 58.4 Å². The number of hydrogen-bond acceptors (Lipinski definition) is 3. The van der Waals surface area contributed by atoms with Crippen molar-refractivity contribution in [2.45, 2.75) is 32.4 Å². The Morgan fingerprint density at radius 3 is 2.95 bits per heavy atom. The summed E-state index contributed by atoms with van der Waals surface area (Å²) in [7, 11) is 0. The second kappa shape index (κ2) is 7.64. The molecule has 0 spiro atoms. The van der Waals surface area contributed by atoms with Gasteiger partial charge in [0.25, 0.3) is 0 Å². The van der Waals surface area contributed by atoms with Crippen LogP contribution in [0.1, 0.15) is 24.2 Å². The molecule has 1 saturated heterocycles. The van der Waals surface area contributed by atoms with Crippen LogP contribution in [-0.2, 0) is 11.3 Å². The Kier molecular flexibility index (Phi) is 6.45. The summed E-state index contributed by atoms with van der Waals surface area (Å²) in [5.74, 6) is 0.0753. The highest BCUT2D eigenvalue weighted by Crippen LogP contribution is 2.09. The maximum absolute atomic E-state index is 11.9. The molecule has 21 heavy (non-hydrogen) atoms. The van der Waals surface area contributed by atoms with Gasteiger partial charge in [-0.3, -0.25) is 4.79 Å². The van der Waals surface area contributed by atoms with Crippen molar-refractivity contribution in [3.63, 3.8) is 0 Å². The highest BCUT2D eigenvalue weighted by atomic mass is 35.5. The Hall–Kier alpha value is -1.30. The molecule has 7 heteroatoms.